The predicted molar refractivity (Wildman–Crippen MR) is 160 cm³/mol. The minimum atomic E-state index is -0.0920. The van der Waals surface area contributed by atoms with E-state index in [1.807, 2.05) is 35.6 Å². The summed E-state index contributed by atoms with van der Waals surface area (Å²) in [6.07, 6.45) is 5.46. The second kappa shape index (κ2) is 13.0. The van der Waals surface area contributed by atoms with Crippen molar-refractivity contribution < 1.29 is 9.59 Å². The average Bonchev–Trinajstić information content (AvgIpc) is 3.00. The van der Waals surface area contributed by atoms with Crippen molar-refractivity contribution >= 4 is 34.6 Å². The second-order valence-corrected chi connectivity index (χ2v) is 10.8. The molecule has 2 N–H and O–H groups in total. The van der Waals surface area contributed by atoms with Crippen LogP contribution in [0.5, 0.6) is 0 Å². The van der Waals surface area contributed by atoms with Gasteiger partial charge in [0, 0.05) is 55.2 Å². The lowest BCUT2D eigenvalue weighted by Crippen LogP contribution is -2.43. The van der Waals surface area contributed by atoms with Gasteiger partial charge in [-0.25, -0.2) is 15.0 Å². The lowest BCUT2D eigenvalue weighted by molar-refractivity contribution is -0.137. The number of nitrogens with zero attached hydrogens (tertiary/aromatic N) is 4. The van der Waals surface area contributed by atoms with Crippen molar-refractivity contribution in [2.45, 2.75) is 31.5 Å². The van der Waals surface area contributed by atoms with Gasteiger partial charge in [0.25, 0.3) is 0 Å². The van der Waals surface area contributed by atoms with E-state index in [0.29, 0.717) is 30.4 Å². The van der Waals surface area contributed by atoms with Crippen LogP contribution in [0.2, 0.25) is 0 Å². The van der Waals surface area contributed by atoms with Gasteiger partial charge in [0.2, 0.25) is 11.8 Å². The highest BCUT2D eigenvalue weighted by Crippen LogP contribution is 2.33. The molecule has 3 heterocycles. The molecule has 2 aromatic carbocycles. The van der Waals surface area contributed by atoms with Gasteiger partial charge in [-0.2, -0.15) is 0 Å². The number of amides is 2. The molecule has 1 aliphatic rings. The molecule has 8 nitrogen and oxygen atoms in total. The van der Waals surface area contributed by atoms with E-state index in [9.17, 15) is 9.59 Å². The van der Waals surface area contributed by atoms with Crippen molar-refractivity contribution in [3.8, 4) is 22.4 Å². The van der Waals surface area contributed by atoms with Crippen LogP contribution in [0.15, 0.2) is 72.0 Å². The summed E-state index contributed by atoms with van der Waals surface area (Å²) in [5.41, 5.74) is 5.60. The zero-order valence-electron chi connectivity index (χ0n) is 22.9. The van der Waals surface area contributed by atoms with Crippen LogP contribution < -0.4 is 10.6 Å². The fourth-order valence-electron chi connectivity index (χ4n) is 5.05. The third-order valence-corrected chi connectivity index (χ3v) is 7.73. The van der Waals surface area contributed by atoms with Gasteiger partial charge < -0.3 is 15.5 Å². The van der Waals surface area contributed by atoms with E-state index >= 15 is 0 Å². The molecule has 1 saturated heterocycles. The Bertz CT molecular complexity index is 1470. The van der Waals surface area contributed by atoms with Gasteiger partial charge in [-0.05, 0) is 49.4 Å². The minimum absolute atomic E-state index is 0.0150. The van der Waals surface area contributed by atoms with Crippen LogP contribution in [-0.2, 0) is 16.1 Å². The summed E-state index contributed by atoms with van der Waals surface area (Å²) in [6.45, 7) is 4.62. The Labute approximate surface area is 239 Å². The number of nitrogens with one attached hydrogen (secondary N) is 2. The summed E-state index contributed by atoms with van der Waals surface area (Å²) in [5.74, 6) is 0.0784. The Hall–Kier alpha value is -3.82. The van der Waals surface area contributed by atoms with Crippen molar-refractivity contribution in [1.29, 1.82) is 0 Å². The number of rotatable bonds is 9. The van der Waals surface area contributed by atoms with Gasteiger partial charge in [0.1, 0.15) is 0 Å². The van der Waals surface area contributed by atoms with Crippen molar-refractivity contribution in [1.82, 2.24) is 30.5 Å². The lowest BCUT2D eigenvalue weighted by Gasteiger charge is -2.30. The first-order chi connectivity index (χ1) is 19.5. The van der Waals surface area contributed by atoms with Crippen molar-refractivity contribution in [2.24, 2.45) is 5.92 Å². The quantitative estimate of drug-likeness (QED) is 0.231. The number of hydrogen-bond acceptors (Lipinski definition) is 7. The molecule has 9 heteroatoms. The van der Waals surface area contributed by atoms with Crippen LogP contribution in [0.3, 0.4) is 0 Å². The monoisotopic (exact) mass is 554 g/mol. The molecular formula is C31H34N6O2S. The number of carbonyl (C=O) groups excluding carboxylic acids is 2. The van der Waals surface area contributed by atoms with E-state index in [2.05, 4.69) is 63.1 Å². The van der Waals surface area contributed by atoms with Gasteiger partial charge in [0.05, 0.1) is 5.69 Å². The van der Waals surface area contributed by atoms with E-state index in [-0.39, 0.29) is 17.7 Å². The number of piperidine rings is 1. The van der Waals surface area contributed by atoms with Gasteiger partial charge >= 0.3 is 0 Å². The molecule has 0 spiro atoms. The number of fused-ring (bicyclic) bond motifs is 1. The summed E-state index contributed by atoms with van der Waals surface area (Å²) >= 11 is 1.49. The minimum Gasteiger partial charge on any atom is -0.355 e. The number of pyridine rings is 1. The predicted octanol–water partition coefficient (Wildman–Crippen LogP) is 4.55. The van der Waals surface area contributed by atoms with Gasteiger partial charge in [-0.1, -0.05) is 66.4 Å². The van der Waals surface area contributed by atoms with E-state index < -0.39 is 0 Å². The van der Waals surface area contributed by atoms with Crippen LogP contribution in [0.25, 0.3) is 33.4 Å². The number of thioether (sulfide) groups is 1. The number of aromatic nitrogens is 3. The smallest absolute Gasteiger partial charge is 0.226 e. The molecule has 0 atom stereocenters. The molecule has 2 aromatic heterocycles. The summed E-state index contributed by atoms with van der Waals surface area (Å²) in [4.78, 5) is 40.8. The largest absolute Gasteiger partial charge is 0.355 e. The summed E-state index contributed by atoms with van der Waals surface area (Å²) in [5, 5.41) is 7.74. The van der Waals surface area contributed by atoms with E-state index in [0.717, 1.165) is 59.3 Å². The number of benzene rings is 2. The maximum Gasteiger partial charge on any atom is 0.226 e. The van der Waals surface area contributed by atoms with Crippen LogP contribution in [0.4, 0.5) is 0 Å². The van der Waals surface area contributed by atoms with Crippen molar-refractivity contribution in [3.05, 3.63) is 72.4 Å². The molecule has 1 fully saturated rings. The second-order valence-electron chi connectivity index (χ2n) is 9.98. The Morgan fingerprint density at radius 3 is 2.48 bits per heavy atom. The maximum atomic E-state index is 13.4. The Balaban J connectivity index is 1.44. The molecule has 0 bridgehead atoms. The summed E-state index contributed by atoms with van der Waals surface area (Å²) < 4.78 is 0. The standard InChI is InChI=1S/C31H34N6O2S/c1-21(38)33-16-17-37(30(39)25-12-14-32-15-13-25)20-22-8-10-24(11-9-22)28-27(23-6-4-3-5-7-23)18-26-19-34-31(40-2)36-29(26)35-28/h3-11,18-19,25,32H,12-17,20H2,1-2H3,(H,33,38). The molecule has 206 valence electrons. The molecule has 0 radical (unpaired) electrons. The topological polar surface area (TPSA) is 100 Å². The molecular weight excluding hydrogens is 520 g/mol. The van der Waals surface area contributed by atoms with Crippen molar-refractivity contribution in [2.75, 3.05) is 32.4 Å². The van der Waals surface area contributed by atoms with Crippen molar-refractivity contribution in [3.63, 3.8) is 0 Å². The van der Waals surface area contributed by atoms with Gasteiger partial charge in [0.15, 0.2) is 10.8 Å². The third-order valence-electron chi connectivity index (χ3n) is 7.17. The highest BCUT2D eigenvalue weighted by atomic mass is 32.2. The van der Waals surface area contributed by atoms with Crippen LogP contribution in [0.1, 0.15) is 25.3 Å². The molecule has 0 unspecified atom stereocenters. The van der Waals surface area contributed by atoms with E-state index in [1.165, 1.54) is 18.7 Å². The highest BCUT2D eigenvalue weighted by Gasteiger charge is 2.26. The van der Waals surface area contributed by atoms with E-state index in [4.69, 9.17) is 4.98 Å². The van der Waals surface area contributed by atoms with Crippen LogP contribution in [0, 0.1) is 5.92 Å². The molecule has 5 rings (SSSR count). The first-order valence-electron chi connectivity index (χ1n) is 13.6. The third kappa shape index (κ3) is 6.66. The lowest BCUT2D eigenvalue weighted by atomic mass is 9.96. The normalized spacial score (nSPS) is 13.8. The average molecular weight is 555 g/mol. The molecule has 0 saturated carbocycles. The molecule has 1 aliphatic heterocycles. The van der Waals surface area contributed by atoms with Gasteiger partial charge in [-0.3, -0.25) is 9.59 Å². The van der Waals surface area contributed by atoms with Crippen LogP contribution in [-0.4, -0.2) is 64.1 Å². The highest BCUT2D eigenvalue weighted by molar-refractivity contribution is 7.98. The summed E-state index contributed by atoms with van der Waals surface area (Å²) in [6, 6.07) is 20.6. The Morgan fingerprint density at radius 1 is 1.02 bits per heavy atom. The molecule has 2 amide bonds. The fourth-order valence-corrected chi connectivity index (χ4v) is 5.39. The van der Waals surface area contributed by atoms with Gasteiger partial charge in [-0.15, -0.1) is 0 Å². The van der Waals surface area contributed by atoms with Crippen LogP contribution >= 0.6 is 11.8 Å². The zero-order valence-corrected chi connectivity index (χ0v) is 23.7. The SMILES string of the molecule is CSc1ncc2cc(-c3ccccc3)c(-c3ccc(CN(CCNC(C)=O)C(=O)C4CCNCC4)cc3)nc2n1. The molecule has 40 heavy (non-hydrogen) atoms. The zero-order chi connectivity index (χ0) is 27.9. The fraction of sp³-hybridized carbons (Fsp3) is 0.323. The first-order valence-corrected chi connectivity index (χ1v) is 14.8. The number of hydrogen-bond donors (Lipinski definition) is 2. The molecule has 0 aliphatic carbocycles. The van der Waals surface area contributed by atoms with E-state index in [1.54, 1.807) is 0 Å². The summed E-state index contributed by atoms with van der Waals surface area (Å²) in [7, 11) is 0. The Morgan fingerprint density at radius 2 is 1.77 bits per heavy atom. The first kappa shape index (κ1) is 27.7. The maximum absolute atomic E-state index is 13.4. The number of carbonyl (C=O) groups is 2. The molecule has 4 aromatic rings. The Kier molecular flexibility index (Phi) is 9.03.